The van der Waals surface area contributed by atoms with Gasteiger partial charge >= 0.3 is 5.97 Å². The molecule has 1 aliphatic rings. The average molecular weight is 216 g/mol. The molecule has 0 amide bonds. The summed E-state index contributed by atoms with van der Waals surface area (Å²) in [6, 6.07) is 0. The quantitative estimate of drug-likeness (QED) is 0.560. The Bertz CT molecular complexity index is 306. The lowest BCUT2D eigenvalue weighted by Gasteiger charge is -2.30. The number of carbonyl (C=O) groups excluding carboxylic acids is 2. The molecule has 6 heteroatoms. The Labute approximate surface area is 86.1 Å². The number of methoxy groups -OCH3 is 1. The maximum atomic E-state index is 11.3. The van der Waals surface area contributed by atoms with Crippen LogP contribution in [0.1, 0.15) is 6.92 Å². The number of aliphatic hydroxyl groups excluding tert-OH is 1. The number of hydrogen-bond donors (Lipinski definition) is 2. The molecule has 2 N–H and O–H groups in total. The second-order valence-electron chi connectivity index (χ2n) is 3.30. The van der Waals surface area contributed by atoms with Gasteiger partial charge in [0.2, 0.25) is 0 Å². The van der Waals surface area contributed by atoms with Crippen LogP contribution < -0.4 is 0 Å². The Morgan fingerprint density at radius 2 is 2.33 bits per heavy atom. The van der Waals surface area contributed by atoms with Crippen LogP contribution in [0, 0.1) is 0 Å². The monoisotopic (exact) mass is 216 g/mol. The van der Waals surface area contributed by atoms with Gasteiger partial charge < -0.3 is 19.7 Å². The Morgan fingerprint density at radius 1 is 1.73 bits per heavy atom. The highest BCUT2D eigenvalue weighted by molar-refractivity contribution is 5.98. The van der Waals surface area contributed by atoms with Crippen LogP contribution in [-0.2, 0) is 19.1 Å². The molecule has 0 fully saturated rings. The molecular formula is C9H12O6. The molecule has 84 valence electrons. The van der Waals surface area contributed by atoms with Crippen molar-refractivity contribution in [1.29, 1.82) is 0 Å². The number of hydrogen-bond acceptors (Lipinski definition) is 6. The Balaban J connectivity index is 2.83. The molecule has 0 spiro atoms. The zero-order chi connectivity index (χ0) is 11.6. The first-order valence-electron chi connectivity index (χ1n) is 4.26. The van der Waals surface area contributed by atoms with Gasteiger partial charge in [0, 0.05) is 0 Å². The predicted octanol–water partition coefficient (Wildman–Crippen LogP) is -1.25. The molecule has 0 radical (unpaired) electrons. The van der Waals surface area contributed by atoms with Crippen molar-refractivity contribution in [2.24, 2.45) is 0 Å². The summed E-state index contributed by atoms with van der Waals surface area (Å²) in [6.45, 7) is 1.28. The predicted molar refractivity (Wildman–Crippen MR) is 47.7 cm³/mol. The van der Waals surface area contributed by atoms with Crippen LogP contribution in [0.2, 0.25) is 0 Å². The van der Waals surface area contributed by atoms with Crippen molar-refractivity contribution in [2.45, 2.75) is 24.9 Å². The summed E-state index contributed by atoms with van der Waals surface area (Å²) in [5, 5.41) is 18.8. The van der Waals surface area contributed by atoms with Crippen molar-refractivity contribution in [3.63, 3.8) is 0 Å². The Hall–Kier alpha value is -1.24. The first kappa shape index (κ1) is 11.8. The molecule has 0 saturated carbocycles. The molecule has 6 nitrogen and oxygen atoms in total. The zero-order valence-corrected chi connectivity index (χ0v) is 8.34. The number of carbonyl (C=O) groups is 2. The fraction of sp³-hybridized carbons (Fsp3) is 0.556. The van der Waals surface area contributed by atoms with E-state index in [0.717, 1.165) is 19.3 Å². The van der Waals surface area contributed by atoms with E-state index in [2.05, 4.69) is 4.74 Å². The molecule has 0 aromatic rings. The SMILES string of the molecule is COC(=O)[C@@H](O)[C@@H]1OC(C)(O)C=CC1=O. The minimum atomic E-state index is -1.74. The van der Waals surface area contributed by atoms with Crippen LogP contribution in [0.25, 0.3) is 0 Å². The fourth-order valence-corrected chi connectivity index (χ4v) is 1.15. The molecule has 3 atom stereocenters. The summed E-state index contributed by atoms with van der Waals surface area (Å²) < 4.78 is 9.09. The summed E-state index contributed by atoms with van der Waals surface area (Å²) in [4.78, 5) is 22.2. The number of esters is 1. The largest absolute Gasteiger partial charge is 0.467 e. The van der Waals surface area contributed by atoms with Crippen LogP contribution in [0.15, 0.2) is 12.2 Å². The van der Waals surface area contributed by atoms with E-state index >= 15 is 0 Å². The van der Waals surface area contributed by atoms with Gasteiger partial charge in [-0.2, -0.15) is 0 Å². The second-order valence-corrected chi connectivity index (χ2v) is 3.30. The number of ketones is 1. The van der Waals surface area contributed by atoms with E-state index in [0.29, 0.717) is 0 Å². The molecular weight excluding hydrogens is 204 g/mol. The van der Waals surface area contributed by atoms with Crippen molar-refractivity contribution in [2.75, 3.05) is 7.11 Å². The summed E-state index contributed by atoms with van der Waals surface area (Å²) in [5.74, 6) is -3.26. The third-order valence-electron chi connectivity index (χ3n) is 1.93. The number of ether oxygens (including phenoxy) is 2. The fourth-order valence-electron chi connectivity index (χ4n) is 1.15. The highest BCUT2D eigenvalue weighted by Crippen LogP contribution is 2.20. The highest BCUT2D eigenvalue weighted by Gasteiger charge is 2.40. The third kappa shape index (κ3) is 2.62. The molecule has 0 bridgehead atoms. The topological polar surface area (TPSA) is 93.1 Å². The van der Waals surface area contributed by atoms with Crippen LogP contribution in [-0.4, -0.2) is 47.1 Å². The van der Waals surface area contributed by atoms with Crippen molar-refractivity contribution in [3.05, 3.63) is 12.2 Å². The van der Waals surface area contributed by atoms with E-state index in [1.165, 1.54) is 6.92 Å². The van der Waals surface area contributed by atoms with Gasteiger partial charge in [-0.25, -0.2) is 4.79 Å². The standard InChI is InChI=1S/C9H12O6/c1-9(13)4-3-5(10)7(15-9)6(11)8(12)14-2/h3-4,6-7,11,13H,1-2H3/t6-,7+,9?/m0/s1. The van der Waals surface area contributed by atoms with Crippen molar-refractivity contribution >= 4 is 11.8 Å². The zero-order valence-electron chi connectivity index (χ0n) is 8.34. The van der Waals surface area contributed by atoms with Crippen LogP contribution >= 0.6 is 0 Å². The van der Waals surface area contributed by atoms with E-state index in [1.54, 1.807) is 0 Å². The summed E-state index contributed by atoms with van der Waals surface area (Å²) >= 11 is 0. The lowest BCUT2D eigenvalue weighted by molar-refractivity contribution is -0.214. The van der Waals surface area contributed by atoms with Gasteiger partial charge in [0.15, 0.2) is 23.8 Å². The van der Waals surface area contributed by atoms with Crippen LogP contribution in [0.3, 0.4) is 0 Å². The minimum Gasteiger partial charge on any atom is -0.467 e. The lowest BCUT2D eigenvalue weighted by Crippen LogP contribution is -2.49. The van der Waals surface area contributed by atoms with Gasteiger partial charge in [0.1, 0.15) is 0 Å². The molecule has 0 aromatic heterocycles. The molecule has 1 aliphatic heterocycles. The second kappa shape index (κ2) is 4.09. The first-order valence-corrected chi connectivity index (χ1v) is 4.26. The van der Waals surface area contributed by atoms with E-state index in [1.807, 2.05) is 0 Å². The Morgan fingerprint density at radius 3 is 2.87 bits per heavy atom. The van der Waals surface area contributed by atoms with Crippen LogP contribution in [0.4, 0.5) is 0 Å². The highest BCUT2D eigenvalue weighted by atomic mass is 16.6. The van der Waals surface area contributed by atoms with E-state index in [-0.39, 0.29) is 0 Å². The van der Waals surface area contributed by atoms with Crippen LogP contribution in [0.5, 0.6) is 0 Å². The normalized spacial score (nSPS) is 32.5. The van der Waals surface area contributed by atoms with Crippen molar-refractivity contribution < 1.29 is 29.3 Å². The van der Waals surface area contributed by atoms with E-state index in [4.69, 9.17) is 4.74 Å². The molecule has 1 heterocycles. The van der Waals surface area contributed by atoms with Crippen molar-refractivity contribution in [3.8, 4) is 0 Å². The molecule has 1 unspecified atom stereocenters. The van der Waals surface area contributed by atoms with Crippen molar-refractivity contribution in [1.82, 2.24) is 0 Å². The minimum absolute atomic E-state index is 0.598. The maximum absolute atomic E-state index is 11.3. The summed E-state index contributed by atoms with van der Waals surface area (Å²) in [7, 11) is 1.08. The third-order valence-corrected chi connectivity index (χ3v) is 1.93. The summed E-state index contributed by atoms with van der Waals surface area (Å²) in [6.07, 6.45) is -0.979. The molecule has 0 aliphatic carbocycles. The molecule has 0 aromatic carbocycles. The summed E-state index contributed by atoms with van der Waals surface area (Å²) in [5.41, 5.74) is 0. The van der Waals surface area contributed by atoms with Gasteiger partial charge in [-0.1, -0.05) is 0 Å². The molecule has 0 saturated heterocycles. The van der Waals surface area contributed by atoms with Gasteiger partial charge in [0.05, 0.1) is 7.11 Å². The number of aliphatic hydroxyl groups is 2. The van der Waals surface area contributed by atoms with Gasteiger partial charge in [0.25, 0.3) is 0 Å². The van der Waals surface area contributed by atoms with Gasteiger partial charge in [-0.05, 0) is 19.1 Å². The van der Waals surface area contributed by atoms with Gasteiger partial charge in [-0.15, -0.1) is 0 Å². The molecule has 15 heavy (non-hydrogen) atoms. The first-order chi connectivity index (χ1) is 6.87. The number of rotatable bonds is 2. The average Bonchev–Trinajstić information content (AvgIpc) is 2.19. The smallest absolute Gasteiger partial charge is 0.337 e. The van der Waals surface area contributed by atoms with Gasteiger partial charge in [-0.3, -0.25) is 4.79 Å². The maximum Gasteiger partial charge on any atom is 0.337 e. The van der Waals surface area contributed by atoms with E-state index in [9.17, 15) is 19.8 Å². The Kier molecular flexibility index (Phi) is 3.23. The van der Waals surface area contributed by atoms with E-state index < -0.39 is 29.7 Å². The lowest BCUT2D eigenvalue weighted by atomic mass is 10.0. The molecule has 1 rings (SSSR count).